The average molecular weight is 387 g/mol. The lowest BCUT2D eigenvalue weighted by Gasteiger charge is -2.20. The van der Waals surface area contributed by atoms with E-state index in [4.69, 9.17) is 17.0 Å². The van der Waals surface area contributed by atoms with Crippen LogP contribution in [0.2, 0.25) is 0 Å². The zero-order chi connectivity index (χ0) is 18.8. The molecule has 0 spiro atoms. The number of hydrogen-bond donors (Lipinski definition) is 0. The number of carbonyl (C=O) groups is 1. The fourth-order valence-corrected chi connectivity index (χ4v) is 3.96. The van der Waals surface area contributed by atoms with Crippen LogP contribution in [0.4, 0.5) is 0 Å². The van der Waals surface area contributed by atoms with Gasteiger partial charge in [0.05, 0.1) is 11.0 Å². The molecule has 4 nitrogen and oxygen atoms in total. The topological polar surface area (TPSA) is 34.5 Å². The number of carbonyl (C=O) groups excluding carboxylic acids is 1. The van der Waals surface area contributed by atoms with Gasteiger partial charge in [0.2, 0.25) is 0 Å². The van der Waals surface area contributed by atoms with Crippen LogP contribution in [0.15, 0.2) is 41.3 Å². The van der Waals surface area contributed by atoms with Crippen molar-refractivity contribution in [2.75, 3.05) is 5.01 Å². The number of nitrogens with zero attached hydrogens (tertiary/aromatic N) is 2. The zero-order valence-electron chi connectivity index (χ0n) is 15.4. The molecule has 1 aliphatic heterocycles. The van der Waals surface area contributed by atoms with Gasteiger partial charge < -0.3 is 4.74 Å². The first-order chi connectivity index (χ1) is 12.4. The summed E-state index contributed by atoms with van der Waals surface area (Å²) in [6.45, 7) is 8.07. The van der Waals surface area contributed by atoms with Gasteiger partial charge in [-0.25, -0.2) is 0 Å². The van der Waals surface area contributed by atoms with Crippen LogP contribution in [-0.2, 0) is 4.79 Å². The van der Waals surface area contributed by atoms with E-state index in [9.17, 15) is 4.79 Å². The van der Waals surface area contributed by atoms with E-state index in [1.54, 1.807) is 5.01 Å². The van der Waals surface area contributed by atoms with E-state index in [1.807, 2.05) is 67.9 Å². The second-order valence-electron chi connectivity index (χ2n) is 6.33. The summed E-state index contributed by atoms with van der Waals surface area (Å²) in [5.41, 5.74) is 2.90. The molecule has 1 aliphatic rings. The Morgan fingerprint density at radius 1 is 1.15 bits per heavy atom. The lowest BCUT2D eigenvalue weighted by molar-refractivity contribution is -0.114. The molecule has 1 amide bonds. The van der Waals surface area contributed by atoms with E-state index in [2.05, 4.69) is 6.92 Å². The Labute approximate surface area is 163 Å². The number of thiocarbonyl (C=S) groups is 1. The van der Waals surface area contributed by atoms with Crippen molar-refractivity contribution in [1.82, 2.24) is 4.68 Å². The maximum absolute atomic E-state index is 12.9. The summed E-state index contributed by atoms with van der Waals surface area (Å²) >= 11 is 6.77. The van der Waals surface area contributed by atoms with E-state index in [1.165, 1.54) is 11.8 Å². The number of aryl methyl sites for hydroxylation is 2. The first-order valence-corrected chi connectivity index (χ1v) is 9.83. The van der Waals surface area contributed by atoms with Crippen molar-refractivity contribution in [3.63, 3.8) is 0 Å². The Bertz CT molecular complexity index is 849. The van der Waals surface area contributed by atoms with Gasteiger partial charge in [-0.2, -0.15) is 5.01 Å². The molecule has 0 saturated carbocycles. The number of thioether (sulfide) groups is 1. The van der Waals surface area contributed by atoms with Gasteiger partial charge in [0.1, 0.15) is 5.75 Å². The first-order valence-electron chi connectivity index (χ1n) is 8.60. The zero-order valence-corrected chi connectivity index (χ0v) is 17.0. The molecule has 0 unspecified atom stereocenters. The van der Waals surface area contributed by atoms with Crippen molar-refractivity contribution in [3.05, 3.63) is 58.3 Å². The Kier molecular flexibility index (Phi) is 5.53. The van der Waals surface area contributed by atoms with Crippen molar-refractivity contribution in [3.8, 4) is 5.75 Å². The molecule has 1 aromatic heterocycles. The van der Waals surface area contributed by atoms with Gasteiger partial charge in [-0.15, -0.1) is 0 Å². The molecular formula is C20H22N2O2S2. The van der Waals surface area contributed by atoms with Crippen LogP contribution in [0.25, 0.3) is 6.08 Å². The normalized spacial score (nSPS) is 17.2. The van der Waals surface area contributed by atoms with E-state index < -0.39 is 0 Å². The summed E-state index contributed by atoms with van der Waals surface area (Å²) < 4.78 is 8.20. The van der Waals surface area contributed by atoms with Crippen LogP contribution in [-0.4, -0.2) is 21.0 Å². The smallest absolute Gasteiger partial charge is 0.285 e. The second-order valence-corrected chi connectivity index (χ2v) is 8.00. The molecule has 1 atom stereocenters. The van der Waals surface area contributed by atoms with Crippen molar-refractivity contribution >= 4 is 40.3 Å². The van der Waals surface area contributed by atoms with Crippen LogP contribution >= 0.6 is 24.0 Å². The number of ether oxygens (including phenoxy) is 1. The third kappa shape index (κ3) is 3.71. The monoisotopic (exact) mass is 386 g/mol. The minimum Gasteiger partial charge on any atom is -0.491 e. The van der Waals surface area contributed by atoms with Gasteiger partial charge in [0.25, 0.3) is 5.91 Å². The number of benzene rings is 1. The van der Waals surface area contributed by atoms with Gasteiger partial charge in [0.15, 0.2) is 4.32 Å². The second kappa shape index (κ2) is 7.68. The lowest BCUT2D eigenvalue weighted by atomic mass is 10.2. The molecule has 26 heavy (non-hydrogen) atoms. The number of amides is 1. The molecule has 6 heteroatoms. The van der Waals surface area contributed by atoms with Crippen LogP contribution in [0.1, 0.15) is 37.2 Å². The predicted molar refractivity (Wildman–Crippen MR) is 112 cm³/mol. The molecule has 136 valence electrons. The summed E-state index contributed by atoms with van der Waals surface area (Å²) in [6.07, 6.45) is 3.02. The van der Waals surface area contributed by atoms with E-state index in [0.29, 0.717) is 9.23 Å². The first kappa shape index (κ1) is 18.7. The van der Waals surface area contributed by atoms with Crippen LogP contribution in [0, 0.1) is 13.8 Å². The summed E-state index contributed by atoms with van der Waals surface area (Å²) in [5, 5.41) is 1.57. The highest BCUT2D eigenvalue weighted by molar-refractivity contribution is 8.27. The van der Waals surface area contributed by atoms with Crippen LogP contribution < -0.4 is 9.75 Å². The van der Waals surface area contributed by atoms with E-state index in [0.717, 1.165) is 29.1 Å². The van der Waals surface area contributed by atoms with Gasteiger partial charge in [-0.05, 0) is 75.3 Å². The minimum absolute atomic E-state index is 0.0951. The van der Waals surface area contributed by atoms with Gasteiger partial charge in [-0.3, -0.25) is 9.47 Å². The standard InChI is InChI=1S/C20H22N2O2S2/c1-5-15(4)24-17-10-8-16(9-11-17)12-18-19(23)22(20(25)26-18)21-13(2)6-7-14(21)3/h6-12,15H,5H2,1-4H3/b18-12-/t15-/m1/s1. The summed E-state index contributed by atoms with van der Waals surface area (Å²) in [5.74, 6) is 0.741. The molecule has 3 rings (SSSR count). The van der Waals surface area contributed by atoms with Crippen molar-refractivity contribution in [2.45, 2.75) is 40.2 Å². The molecule has 0 N–H and O–H groups in total. The van der Waals surface area contributed by atoms with Crippen molar-refractivity contribution < 1.29 is 9.53 Å². The predicted octanol–water partition coefficient (Wildman–Crippen LogP) is 4.82. The Balaban J connectivity index is 1.82. The summed E-state index contributed by atoms with van der Waals surface area (Å²) in [7, 11) is 0. The van der Waals surface area contributed by atoms with Gasteiger partial charge >= 0.3 is 0 Å². The molecule has 1 saturated heterocycles. The highest BCUT2D eigenvalue weighted by atomic mass is 32.2. The average Bonchev–Trinajstić information content (AvgIpc) is 3.08. The summed E-state index contributed by atoms with van der Waals surface area (Å²) in [6, 6.07) is 11.7. The molecule has 2 heterocycles. The van der Waals surface area contributed by atoms with Crippen molar-refractivity contribution in [2.24, 2.45) is 0 Å². The highest BCUT2D eigenvalue weighted by Crippen LogP contribution is 2.33. The lowest BCUT2D eigenvalue weighted by Crippen LogP contribution is -2.39. The fourth-order valence-electron chi connectivity index (χ4n) is 2.72. The van der Waals surface area contributed by atoms with E-state index in [-0.39, 0.29) is 12.0 Å². The third-order valence-corrected chi connectivity index (χ3v) is 5.58. The fraction of sp³-hybridized carbons (Fsp3) is 0.300. The molecule has 0 aliphatic carbocycles. The minimum atomic E-state index is -0.0951. The van der Waals surface area contributed by atoms with Crippen LogP contribution in [0.3, 0.4) is 0 Å². The number of rotatable bonds is 5. The maximum atomic E-state index is 12.9. The molecule has 2 aromatic rings. The Morgan fingerprint density at radius 3 is 2.35 bits per heavy atom. The Morgan fingerprint density at radius 2 is 1.77 bits per heavy atom. The highest BCUT2D eigenvalue weighted by Gasteiger charge is 2.34. The number of aromatic nitrogens is 1. The molecule has 1 fully saturated rings. The van der Waals surface area contributed by atoms with Gasteiger partial charge in [0, 0.05) is 11.4 Å². The third-order valence-electron chi connectivity index (χ3n) is 4.30. The quantitative estimate of drug-likeness (QED) is 0.545. The summed E-state index contributed by atoms with van der Waals surface area (Å²) in [4.78, 5) is 13.5. The van der Waals surface area contributed by atoms with Crippen LogP contribution in [0.5, 0.6) is 5.75 Å². The van der Waals surface area contributed by atoms with Crippen molar-refractivity contribution in [1.29, 1.82) is 0 Å². The van der Waals surface area contributed by atoms with E-state index >= 15 is 0 Å². The molecule has 1 aromatic carbocycles. The number of hydrogen-bond acceptors (Lipinski definition) is 4. The Hall–Kier alpha value is -2.05. The largest absolute Gasteiger partial charge is 0.491 e. The molecule has 0 bridgehead atoms. The SMILES string of the molecule is CC[C@@H](C)Oc1ccc(/C=C2\SC(=S)N(n3c(C)ccc3C)C2=O)cc1. The maximum Gasteiger partial charge on any atom is 0.285 e. The molecular weight excluding hydrogens is 364 g/mol. The van der Waals surface area contributed by atoms with Gasteiger partial charge in [-0.1, -0.05) is 30.8 Å². The molecule has 0 radical (unpaired) electrons.